The summed E-state index contributed by atoms with van der Waals surface area (Å²) in [5, 5.41) is 10.8. The highest BCUT2D eigenvalue weighted by molar-refractivity contribution is 5.93. The Hall–Kier alpha value is -1.36. The quantitative estimate of drug-likeness (QED) is 0.835. The summed E-state index contributed by atoms with van der Waals surface area (Å²) in [4.78, 5) is 12.3. The number of carbonyl (C=O) groups is 1. The van der Waals surface area contributed by atoms with Crippen LogP contribution in [0.5, 0.6) is 0 Å². The topological polar surface area (TPSA) is 59.0 Å². The number of fused-ring (bicyclic) bond motifs is 1. The number of carbonyl (C=O) groups excluding carboxylic acids is 1. The Balaban J connectivity index is 1.40. The minimum absolute atomic E-state index is 0.0521. The second kappa shape index (κ2) is 4.34. The van der Waals surface area contributed by atoms with E-state index in [1.807, 2.05) is 10.7 Å². The van der Waals surface area contributed by atoms with Crippen molar-refractivity contribution < 1.29 is 4.79 Å². The Morgan fingerprint density at radius 1 is 1.42 bits per heavy atom. The molecule has 2 N–H and O–H groups in total. The standard InChI is InChI=1S/C14H20N4O/c19-14(17-13-10-6-15-7-11(10)13)12-4-5-16-18(12)8-9-2-1-3-9/h4-5,9-11,13,15H,1-3,6-8H2,(H,17,19)/t10-,11+,13?. The second-order valence-corrected chi connectivity index (χ2v) is 6.18. The molecule has 1 aliphatic heterocycles. The van der Waals surface area contributed by atoms with Gasteiger partial charge < -0.3 is 10.6 Å². The van der Waals surface area contributed by atoms with Gasteiger partial charge in [0.2, 0.25) is 0 Å². The van der Waals surface area contributed by atoms with Crippen LogP contribution in [-0.4, -0.2) is 34.8 Å². The van der Waals surface area contributed by atoms with E-state index >= 15 is 0 Å². The van der Waals surface area contributed by atoms with Gasteiger partial charge in [0.25, 0.3) is 5.91 Å². The molecular formula is C14H20N4O. The fourth-order valence-corrected chi connectivity index (χ4v) is 3.45. The molecule has 1 aromatic rings. The molecule has 19 heavy (non-hydrogen) atoms. The number of hydrogen-bond acceptors (Lipinski definition) is 3. The van der Waals surface area contributed by atoms with Crippen molar-refractivity contribution in [1.29, 1.82) is 0 Å². The summed E-state index contributed by atoms with van der Waals surface area (Å²) in [6.07, 6.45) is 5.62. The number of rotatable bonds is 4. The van der Waals surface area contributed by atoms with E-state index in [4.69, 9.17) is 0 Å². The lowest BCUT2D eigenvalue weighted by atomic mass is 9.85. The molecule has 1 saturated heterocycles. The highest BCUT2D eigenvalue weighted by Crippen LogP contribution is 2.41. The highest BCUT2D eigenvalue weighted by Gasteiger charge is 2.53. The first-order valence-corrected chi connectivity index (χ1v) is 7.36. The third kappa shape index (κ3) is 1.96. The van der Waals surface area contributed by atoms with E-state index in [0.29, 0.717) is 17.9 Å². The first-order chi connectivity index (χ1) is 9.33. The molecule has 1 unspecified atom stereocenters. The third-order valence-corrected chi connectivity index (χ3v) is 4.99. The number of piperidine rings is 1. The van der Waals surface area contributed by atoms with E-state index in [2.05, 4.69) is 15.7 Å². The van der Waals surface area contributed by atoms with Crippen molar-refractivity contribution >= 4 is 5.91 Å². The molecule has 5 nitrogen and oxygen atoms in total. The average Bonchev–Trinajstić information content (AvgIpc) is 2.80. The lowest BCUT2D eigenvalue weighted by molar-refractivity contribution is 0.0932. The summed E-state index contributed by atoms with van der Waals surface area (Å²) in [5.74, 6) is 2.09. The van der Waals surface area contributed by atoms with Gasteiger partial charge in [-0.05, 0) is 36.7 Å². The van der Waals surface area contributed by atoms with Crippen molar-refractivity contribution in [2.45, 2.75) is 31.8 Å². The molecular weight excluding hydrogens is 240 g/mol. The van der Waals surface area contributed by atoms with Crippen LogP contribution in [0, 0.1) is 17.8 Å². The molecule has 2 aliphatic carbocycles. The van der Waals surface area contributed by atoms with Gasteiger partial charge in [-0.3, -0.25) is 9.48 Å². The minimum Gasteiger partial charge on any atom is -0.347 e. The van der Waals surface area contributed by atoms with Gasteiger partial charge in [0.15, 0.2) is 0 Å². The van der Waals surface area contributed by atoms with Gasteiger partial charge >= 0.3 is 0 Å². The summed E-state index contributed by atoms with van der Waals surface area (Å²) in [7, 11) is 0. The Bertz CT molecular complexity index is 483. The molecule has 0 bridgehead atoms. The first-order valence-electron chi connectivity index (χ1n) is 7.36. The Morgan fingerprint density at radius 3 is 2.89 bits per heavy atom. The maximum atomic E-state index is 12.3. The summed E-state index contributed by atoms with van der Waals surface area (Å²) in [6, 6.07) is 2.23. The highest BCUT2D eigenvalue weighted by atomic mass is 16.2. The zero-order valence-corrected chi connectivity index (χ0v) is 11.0. The molecule has 102 valence electrons. The SMILES string of the molecule is O=C(NC1[C@H]2CNC[C@@H]12)c1ccnn1CC1CCC1. The number of hydrogen-bond donors (Lipinski definition) is 2. The Morgan fingerprint density at radius 2 is 2.21 bits per heavy atom. The number of nitrogens with one attached hydrogen (secondary N) is 2. The summed E-state index contributed by atoms with van der Waals surface area (Å²) in [5.41, 5.74) is 0.727. The van der Waals surface area contributed by atoms with E-state index in [0.717, 1.165) is 31.2 Å². The second-order valence-electron chi connectivity index (χ2n) is 6.18. The molecule has 3 fully saturated rings. The van der Waals surface area contributed by atoms with E-state index in [9.17, 15) is 4.79 Å². The normalized spacial score (nSPS) is 32.7. The van der Waals surface area contributed by atoms with Crippen molar-refractivity contribution in [2.24, 2.45) is 17.8 Å². The first kappa shape index (κ1) is 11.5. The zero-order valence-electron chi connectivity index (χ0n) is 11.0. The zero-order chi connectivity index (χ0) is 12.8. The Labute approximate surface area is 112 Å². The predicted octanol–water partition coefficient (Wildman–Crippen LogP) is 0.631. The van der Waals surface area contributed by atoms with Crippen molar-refractivity contribution in [1.82, 2.24) is 20.4 Å². The maximum absolute atomic E-state index is 12.3. The summed E-state index contributed by atoms with van der Waals surface area (Å²) < 4.78 is 1.88. The maximum Gasteiger partial charge on any atom is 0.269 e. The molecule has 5 heteroatoms. The molecule has 4 rings (SSSR count). The van der Waals surface area contributed by atoms with E-state index in [1.54, 1.807) is 6.20 Å². The molecule has 0 radical (unpaired) electrons. The van der Waals surface area contributed by atoms with E-state index in [-0.39, 0.29) is 5.91 Å². The van der Waals surface area contributed by atoms with Crippen LogP contribution in [0.25, 0.3) is 0 Å². The smallest absolute Gasteiger partial charge is 0.269 e. The fraction of sp³-hybridized carbons (Fsp3) is 0.714. The summed E-state index contributed by atoms with van der Waals surface area (Å²) in [6.45, 7) is 3.00. The monoisotopic (exact) mass is 260 g/mol. The van der Waals surface area contributed by atoms with Gasteiger partial charge in [-0.1, -0.05) is 6.42 Å². The molecule has 1 aromatic heterocycles. The van der Waals surface area contributed by atoms with Crippen LogP contribution in [0.4, 0.5) is 0 Å². The molecule has 3 atom stereocenters. The number of nitrogens with zero attached hydrogens (tertiary/aromatic N) is 2. The van der Waals surface area contributed by atoms with Crippen LogP contribution < -0.4 is 10.6 Å². The van der Waals surface area contributed by atoms with Gasteiger partial charge in [-0.25, -0.2) is 0 Å². The number of amides is 1. The van der Waals surface area contributed by atoms with Crippen LogP contribution in [-0.2, 0) is 6.54 Å². The predicted molar refractivity (Wildman–Crippen MR) is 70.7 cm³/mol. The van der Waals surface area contributed by atoms with Crippen LogP contribution in [0.2, 0.25) is 0 Å². The molecule has 3 aliphatic rings. The number of aromatic nitrogens is 2. The van der Waals surface area contributed by atoms with Gasteiger partial charge in [0.1, 0.15) is 5.69 Å². The molecule has 2 heterocycles. The average molecular weight is 260 g/mol. The largest absolute Gasteiger partial charge is 0.347 e. The Kier molecular flexibility index (Phi) is 2.62. The van der Waals surface area contributed by atoms with Crippen LogP contribution >= 0.6 is 0 Å². The van der Waals surface area contributed by atoms with Gasteiger partial charge in [-0.2, -0.15) is 5.10 Å². The lowest BCUT2D eigenvalue weighted by Gasteiger charge is -2.25. The van der Waals surface area contributed by atoms with Gasteiger partial charge in [-0.15, -0.1) is 0 Å². The van der Waals surface area contributed by atoms with Crippen molar-refractivity contribution in [3.63, 3.8) is 0 Å². The van der Waals surface area contributed by atoms with Crippen molar-refractivity contribution in [2.75, 3.05) is 13.1 Å². The fourth-order valence-electron chi connectivity index (χ4n) is 3.45. The van der Waals surface area contributed by atoms with Crippen LogP contribution in [0.15, 0.2) is 12.3 Å². The molecule has 0 aromatic carbocycles. The molecule has 1 amide bonds. The van der Waals surface area contributed by atoms with Crippen molar-refractivity contribution in [3.05, 3.63) is 18.0 Å². The van der Waals surface area contributed by atoms with Crippen molar-refractivity contribution in [3.8, 4) is 0 Å². The molecule has 0 spiro atoms. The summed E-state index contributed by atoms with van der Waals surface area (Å²) >= 11 is 0. The molecule has 2 saturated carbocycles. The third-order valence-electron chi connectivity index (χ3n) is 4.99. The minimum atomic E-state index is 0.0521. The van der Waals surface area contributed by atoms with Gasteiger partial charge in [0, 0.05) is 31.9 Å². The van der Waals surface area contributed by atoms with Crippen LogP contribution in [0.3, 0.4) is 0 Å². The van der Waals surface area contributed by atoms with Crippen LogP contribution in [0.1, 0.15) is 29.8 Å². The van der Waals surface area contributed by atoms with E-state index < -0.39 is 0 Å². The lowest BCUT2D eigenvalue weighted by Crippen LogP contribution is -2.34. The van der Waals surface area contributed by atoms with Gasteiger partial charge in [0.05, 0.1) is 0 Å². The van der Waals surface area contributed by atoms with E-state index in [1.165, 1.54) is 19.3 Å².